The quantitative estimate of drug-likeness (QED) is 0.438. The van der Waals surface area contributed by atoms with Gasteiger partial charge in [0, 0.05) is 54.6 Å². The van der Waals surface area contributed by atoms with E-state index in [1.54, 1.807) is 35.4 Å². The fraction of sp³-hybridized carbons (Fsp3) is 0.320. The Morgan fingerprint density at radius 3 is 2.65 bits per heavy atom. The van der Waals surface area contributed by atoms with E-state index in [0.29, 0.717) is 35.8 Å². The second-order valence-electron chi connectivity index (χ2n) is 8.67. The minimum Gasteiger partial charge on any atom is -0.492 e. The van der Waals surface area contributed by atoms with Gasteiger partial charge in [0.05, 0.1) is 30.1 Å². The van der Waals surface area contributed by atoms with E-state index in [2.05, 4.69) is 26.0 Å². The summed E-state index contributed by atoms with van der Waals surface area (Å²) in [6, 6.07) is 10.5. The van der Waals surface area contributed by atoms with Gasteiger partial charge in [-0.05, 0) is 37.6 Å². The number of hydrogen-bond donors (Lipinski definition) is 0. The van der Waals surface area contributed by atoms with Crippen LogP contribution in [0.4, 0.5) is 5.82 Å². The van der Waals surface area contributed by atoms with Gasteiger partial charge in [-0.25, -0.2) is 19.5 Å². The molecule has 170 valence electrons. The average Bonchev–Trinajstić information content (AvgIpc) is 3.31. The number of aromatic nitrogens is 5. The lowest BCUT2D eigenvalue weighted by molar-refractivity contribution is -0.0396. The first-order valence-corrected chi connectivity index (χ1v) is 11.4. The van der Waals surface area contributed by atoms with Crippen molar-refractivity contribution in [1.82, 2.24) is 24.6 Å². The van der Waals surface area contributed by atoms with Crippen LogP contribution in [0.25, 0.3) is 16.6 Å². The molecule has 0 radical (unpaired) electrons. The van der Waals surface area contributed by atoms with Crippen molar-refractivity contribution in [2.75, 3.05) is 24.6 Å². The number of pyridine rings is 2. The first-order chi connectivity index (χ1) is 16.7. The van der Waals surface area contributed by atoms with Crippen LogP contribution in [-0.2, 0) is 0 Å². The Kier molecular flexibility index (Phi) is 4.99. The molecule has 4 aromatic heterocycles. The van der Waals surface area contributed by atoms with E-state index in [-0.39, 0.29) is 6.10 Å². The molecule has 34 heavy (non-hydrogen) atoms. The molecule has 3 atom stereocenters. The monoisotopic (exact) mass is 453 g/mol. The molecule has 0 spiro atoms. The molecule has 9 heteroatoms. The largest absolute Gasteiger partial charge is 0.492 e. The normalized spacial score (nSPS) is 21.1. The van der Waals surface area contributed by atoms with Crippen LogP contribution < -0.4 is 14.4 Å². The lowest BCUT2D eigenvalue weighted by atomic mass is 9.68. The number of rotatable bonds is 6. The van der Waals surface area contributed by atoms with Crippen molar-refractivity contribution >= 4 is 11.3 Å². The van der Waals surface area contributed by atoms with E-state index in [0.717, 1.165) is 42.0 Å². The van der Waals surface area contributed by atoms with Gasteiger partial charge < -0.3 is 14.4 Å². The predicted molar refractivity (Wildman–Crippen MR) is 125 cm³/mol. The zero-order valence-electron chi connectivity index (χ0n) is 18.7. The van der Waals surface area contributed by atoms with Crippen LogP contribution in [-0.4, -0.2) is 50.4 Å². The molecule has 2 unspecified atom stereocenters. The molecule has 7 rings (SSSR count). The molecule has 2 saturated heterocycles. The molecule has 2 aliphatic heterocycles. The first-order valence-electron chi connectivity index (χ1n) is 11.4. The number of piperidine rings is 2. The Bertz CT molecular complexity index is 1350. The van der Waals surface area contributed by atoms with Crippen molar-refractivity contribution in [2.45, 2.75) is 19.4 Å². The third-order valence-corrected chi connectivity index (χ3v) is 6.63. The van der Waals surface area contributed by atoms with Gasteiger partial charge in [-0.15, -0.1) is 0 Å². The van der Waals surface area contributed by atoms with Gasteiger partial charge in [-0.1, -0.05) is 0 Å². The molecule has 9 nitrogen and oxygen atoms in total. The SMILES string of the molecule is CCOc1cc(-c2ccc(N3CC4C[C@@H](C3)C4Oc3ncccn3)nc2)c2c(C#N)cnn2c1. The second-order valence-corrected chi connectivity index (χ2v) is 8.67. The molecule has 1 saturated carbocycles. The Hall–Kier alpha value is -4.19. The van der Waals surface area contributed by atoms with E-state index in [9.17, 15) is 5.26 Å². The van der Waals surface area contributed by atoms with Crippen LogP contribution in [0, 0.1) is 23.2 Å². The highest BCUT2D eigenvalue weighted by atomic mass is 16.5. The van der Waals surface area contributed by atoms with Crippen molar-refractivity contribution in [3.05, 3.63) is 60.8 Å². The molecule has 6 heterocycles. The smallest absolute Gasteiger partial charge is 0.316 e. The Balaban J connectivity index is 1.23. The molecule has 3 fully saturated rings. The summed E-state index contributed by atoms with van der Waals surface area (Å²) in [6.07, 6.45) is 9.97. The first kappa shape index (κ1) is 20.4. The number of hydrogen-bond acceptors (Lipinski definition) is 8. The summed E-state index contributed by atoms with van der Waals surface area (Å²) < 4.78 is 13.5. The Labute approximate surface area is 196 Å². The molecule has 0 aromatic carbocycles. The molecule has 4 aromatic rings. The lowest BCUT2D eigenvalue weighted by Gasteiger charge is -2.52. The summed E-state index contributed by atoms with van der Waals surface area (Å²) in [5.74, 6) is 2.53. The van der Waals surface area contributed by atoms with Crippen molar-refractivity contribution in [2.24, 2.45) is 11.8 Å². The van der Waals surface area contributed by atoms with Gasteiger partial charge in [0.1, 0.15) is 23.7 Å². The van der Waals surface area contributed by atoms with Crippen LogP contribution in [0.2, 0.25) is 0 Å². The predicted octanol–water partition coefficient (Wildman–Crippen LogP) is 3.36. The van der Waals surface area contributed by atoms with Crippen molar-refractivity contribution in [3.8, 4) is 29.0 Å². The molecular weight excluding hydrogens is 430 g/mol. The van der Waals surface area contributed by atoms with Gasteiger partial charge in [-0.3, -0.25) is 0 Å². The summed E-state index contributed by atoms with van der Waals surface area (Å²) in [6.45, 7) is 4.28. The maximum absolute atomic E-state index is 9.55. The van der Waals surface area contributed by atoms with Crippen molar-refractivity contribution in [1.29, 1.82) is 5.26 Å². The number of fused-ring (bicyclic) bond motifs is 3. The van der Waals surface area contributed by atoms with E-state index < -0.39 is 0 Å². The number of ether oxygens (including phenoxy) is 2. The zero-order valence-corrected chi connectivity index (χ0v) is 18.7. The standard InChI is InChI=1S/C25H23N7O2/c1-2-33-20-9-21(23-19(10-26)12-30-32(23)15-20)16-4-5-22(29-11-16)31-13-17-8-18(14-31)24(17)34-25-27-6-3-7-28-25/h3-7,9,11-12,15,17-18,24H,2,8,13-14H2,1H3/t17-,18?,24?/m0/s1. The molecule has 3 aliphatic rings. The van der Waals surface area contributed by atoms with E-state index in [4.69, 9.17) is 14.5 Å². The third-order valence-electron chi connectivity index (χ3n) is 6.63. The zero-order chi connectivity index (χ0) is 23.1. The lowest BCUT2D eigenvalue weighted by Crippen LogP contribution is -2.60. The van der Waals surface area contributed by atoms with E-state index in [1.807, 2.05) is 31.3 Å². The Morgan fingerprint density at radius 2 is 1.94 bits per heavy atom. The van der Waals surface area contributed by atoms with E-state index >= 15 is 0 Å². The maximum atomic E-state index is 9.55. The van der Waals surface area contributed by atoms with Crippen LogP contribution in [0.15, 0.2) is 55.2 Å². The van der Waals surface area contributed by atoms with Crippen molar-refractivity contribution < 1.29 is 9.47 Å². The highest BCUT2D eigenvalue weighted by Crippen LogP contribution is 2.43. The highest BCUT2D eigenvalue weighted by molar-refractivity contribution is 5.85. The number of anilines is 1. The van der Waals surface area contributed by atoms with Crippen LogP contribution in [0.5, 0.6) is 11.8 Å². The Morgan fingerprint density at radius 1 is 1.12 bits per heavy atom. The molecular formula is C25H23N7O2. The summed E-state index contributed by atoms with van der Waals surface area (Å²) in [7, 11) is 0. The van der Waals surface area contributed by atoms with Gasteiger partial charge in [-0.2, -0.15) is 10.4 Å². The summed E-state index contributed by atoms with van der Waals surface area (Å²) in [4.78, 5) is 15.5. The molecule has 1 aliphatic carbocycles. The highest BCUT2D eigenvalue weighted by Gasteiger charge is 2.49. The summed E-state index contributed by atoms with van der Waals surface area (Å²) >= 11 is 0. The van der Waals surface area contributed by atoms with Crippen LogP contribution in [0.1, 0.15) is 18.9 Å². The minimum absolute atomic E-state index is 0.166. The maximum Gasteiger partial charge on any atom is 0.316 e. The van der Waals surface area contributed by atoms with Gasteiger partial charge in [0.15, 0.2) is 0 Å². The van der Waals surface area contributed by atoms with E-state index in [1.165, 1.54) is 0 Å². The van der Waals surface area contributed by atoms with Crippen LogP contribution in [0.3, 0.4) is 0 Å². The number of nitriles is 1. The van der Waals surface area contributed by atoms with Gasteiger partial charge in [0.25, 0.3) is 0 Å². The molecule has 2 bridgehead atoms. The minimum atomic E-state index is 0.166. The van der Waals surface area contributed by atoms with Crippen LogP contribution >= 0.6 is 0 Å². The summed E-state index contributed by atoms with van der Waals surface area (Å²) in [5.41, 5.74) is 3.06. The average molecular weight is 454 g/mol. The number of nitrogens with zero attached hydrogens (tertiary/aromatic N) is 7. The topological polar surface area (TPSA) is 101 Å². The fourth-order valence-corrected chi connectivity index (χ4v) is 5.07. The second kappa shape index (κ2) is 8.30. The van der Waals surface area contributed by atoms with Gasteiger partial charge in [0.2, 0.25) is 0 Å². The fourth-order valence-electron chi connectivity index (χ4n) is 5.07. The molecule has 0 amide bonds. The summed E-state index contributed by atoms with van der Waals surface area (Å²) in [5, 5.41) is 13.9. The molecule has 0 N–H and O–H groups in total. The third kappa shape index (κ3) is 3.48. The van der Waals surface area contributed by atoms with Crippen molar-refractivity contribution in [3.63, 3.8) is 0 Å². The van der Waals surface area contributed by atoms with Gasteiger partial charge >= 0.3 is 6.01 Å².